The third kappa shape index (κ3) is 2.98. The van der Waals surface area contributed by atoms with Gasteiger partial charge in [0, 0.05) is 24.2 Å². The summed E-state index contributed by atoms with van der Waals surface area (Å²) in [5.74, 6) is 1.51. The molecule has 5 heteroatoms. The van der Waals surface area contributed by atoms with E-state index in [0.717, 1.165) is 19.3 Å². The number of hydrogen-bond acceptors (Lipinski definition) is 4. The third-order valence-corrected chi connectivity index (χ3v) is 4.36. The molecule has 0 aliphatic carbocycles. The van der Waals surface area contributed by atoms with Crippen molar-refractivity contribution in [2.24, 2.45) is 0 Å². The minimum Gasteiger partial charge on any atom is -0.496 e. The highest BCUT2D eigenvalue weighted by Gasteiger charge is 2.33. The second kappa shape index (κ2) is 6.90. The highest BCUT2D eigenvalue weighted by atomic mass is 16.5. The summed E-state index contributed by atoms with van der Waals surface area (Å²) < 4.78 is 16.0. The number of ether oxygens (including phenoxy) is 3. The van der Waals surface area contributed by atoms with Gasteiger partial charge in [-0.15, -0.1) is 0 Å². The largest absolute Gasteiger partial charge is 0.496 e. The number of piperidine rings is 1. The van der Waals surface area contributed by atoms with Crippen LogP contribution in [0.1, 0.15) is 43.5 Å². The number of likely N-dealkylation sites (tertiary alicyclic amines) is 1. The number of rotatable bonds is 4. The van der Waals surface area contributed by atoms with E-state index in [4.69, 9.17) is 14.2 Å². The molecule has 5 nitrogen and oxygen atoms in total. The average molecular weight is 307 g/mol. The van der Waals surface area contributed by atoms with Crippen molar-refractivity contribution in [1.29, 1.82) is 0 Å². The van der Waals surface area contributed by atoms with E-state index in [9.17, 15) is 4.79 Å². The van der Waals surface area contributed by atoms with Crippen molar-refractivity contribution < 1.29 is 19.0 Å². The van der Waals surface area contributed by atoms with Gasteiger partial charge in [-0.25, -0.2) is 0 Å². The van der Waals surface area contributed by atoms with Gasteiger partial charge < -0.3 is 19.1 Å². The van der Waals surface area contributed by atoms with Gasteiger partial charge in [0.2, 0.25) is 0 Å². The topological polar surface area (TPSA) is 48.0 Å². The minimum atomic E-state index is -0.0453. The van der Waals surface area contributed by atoms with Crippen molar-refractivity contribution in [2.45, 2.75) is 45.2 Å². The summed E-state index contributed by atoms with van der Waals surface area (Å²) >= 11 is 0. The third-order valence-electron chi connectivity index (χ3n) is 4.36. The summed E-state index contributed by atoms with van der Waals surface area (Å²) in [4.78, 5) is 15.0. The van der Waals surface area contributed by atoms with Crippen molar-refractivity contribution in [2.75, 3.05) is 21.3 Å². The highest BCUT2D eigenvalue weighted by molar-refractivity contribution is 6.00. The van der Waals surface area contributed by atoms with Crippen LogP contribution in [0.5, 0.6) is 17.2 Å². The Morgan fingerprint density at radius 2 is 1.50 bits per heavy atom. The molecular weight excluding hydrogens is 282 g/mol. The fourth-order valence-electron chi connectivity index (χ4n) is 3.17. The normalized spacial score (nSPS) is 21.4. The lowest BCUT2D eigenvalue weighted by atomic mass is 9.96. The van der Waals surface area contributed by atoms with Crippen molar-refractivity contribution in [1.82, 2.24) is 4.90 Å². The van der Waals surface area contributed by atoms with Gasteiger partial charge in [-0.05, 0) is 33.1 Å². The van der Waals surface area contributed by atoms with Gasteiger partial charge in [0.1, 0.15) is 22.8 Å². The average Bonchev–Trinajstić information content (AvgIpc) is 2.52. The van der Waals surface area contributed by atoms with Crippen LogP contribution < -0.4 is 14.2 Å². The number of benzene rings is 1. The number of methoxy groups -OCH3 is 3. The van der Waals surface area contributed by atoms with E-state index in [1.807, 2.05) is 4.90 Å². The molecule has 1 heterocycles. The lowest BCUT2D eigenvalue weighted by Crippen LogP contribution is -2.47. The summed E-state index contributed by atoms with van der Waals surface area (Å²) in [6.45, 7) is 4.19. The van der Waals surface area contributed by atoms with Crippen LogP contribution in [-0.4, -0.2) is 44.2 Å². The van der Waals surface area contributed by atoms with Crippen molar-refractivity contribution in [3.8, 4) is 17.2 Å². The molecule has 2 atom stereocenters. The van der Waals surface area contributed by atoms with Gasteiger partial charge in [0.05, 0.1) is 21.3 Å². The molecule has 1 saturated heterocycles. The smallest absolute Gasteiger partial charge is 0.261 e. The first-order chi connectivity index (χ1) is 10.5. The fraction of sp³-hybridized carbons (Fsp3) is 0.588. The molecule has 1 aliphatic rings. The lowest BCUT2D eigenvalue weighted by Gasteiger charge is -2.39. The molecule has 0 bridgehead atoms. The highest BCUT2D eigenvalue weighted by Crippen LogP contribution is 2.37. The van der Waals surface area contributed by atoms with Crippen molar-refractivity contribution in [3.05, 3.63) is 17.7 Å². The van der Waals surface area contributed by atoms with E-state index in [1.165, 1.54) is 0 Å². The maximum atomic E-state index is 13.1. The van der Waals surface area contributed by atoms with E-state index in [-0.39, 0.29) is 18.0 Å². The molecule has 2 unspecified atom stereocenters. The summed E-state index contributed by atoms with van der Waals surface area (Å²) in [5.41, 5.74) is 0.464. The van der Waals surface area contributed by atoms with Crippen molar-refractivity contribution in [3.63, 3.8) is 0 Å². The van der Waals surface area contributed by atoms with Gasteiger partial charge in [-0.3, -0.25) is 4.79 Å². The molecule has 0 saturated carbocycles. The van der Waals surface area contributed by atoms with Crippen LogP contribution in [0.2, 0.25) is 0 Å². The second-order valence-corrected chi connectivity index (χ2v) is 5.75. The van der Waals surface area contributed by atoms with Crippen LogP contribution in [0, 0.1) is 0 Å². The number of carbonyl (C=O) groups excluding carboxylic acids is 1. The van der Waals surface area contributed by atoms with Crippen LogP contribution >= 0.6 is 0 Å². The number of hydrogen-bond donors (Lipinski definition) is 0. The Morgan fingerprint density at radius 3 is 1.91 bits per heavy atom. The molecule has 122 valence electrons. The Bertz CT molecular complexity index is 508. The van der Waals surface area contributed by atoms with E-state index in [1.54, 1.807) is 33.5 Å². The number of nitrogens with zero attached hydrogens (tertiary/aromatic N) is 1. The van der Waals surface area contributed by atoms with Crippen LogP contribution in [0.3, 0.4) is 0 Å². The van der Waals surface area contributed by atoms with Crippen molar-refractivity contribution >= 4 is 5.91 Å². The monoisotopic (exact) mass is 307 g/mol. The van der Waals surface area contributed by atoms with E-state index in [0.29, 0.717) is 22.8 Å². The van der Waals surface area contributed by atoms with Crippen LogP contribution in [0.4, 0.5) is 0 Å². The van der Waals surface area contributed by atoms with Crippen LogP contribution in [-0.2, 0) is 0 Å². The summed E-state index contributed by atoms with van der Waals surface area (Å²) in [5, 5.41) is 0. The zero-order valence-electron chi connectivity index (χ0n) is 14.0. The molecule has 0 radical (unpaired) electrons. The van der Waals surface area contributed by atoms with Gasteiger partial charge in [0.25, 0.3) is 5.91 Å². The molecule has 2 rings (SSSR count). The first-order valence-corrected chi connectivity index (χ1v) is 7.66. The molecule has 0 aromatic heterocycles. The van der Waals surface area contributed by atoms with E-state index in [2.05, 4.69) is 13.8 Å². The zero-order valence-corrected chi connectivity index (χ0v) is 14.0. The SMILES string of the molecule is COc1cc(OC)c(C(=O)N2C(C)CCCC2C)c(OC)c1. The zero-order chi connectivity index (χ0) is 16.3. The molecule has 1 aliphatic heterocycles. The maximum Gasteiger partial charge on any atom is 0.261 e. The Kier molecular flexibility index (Phi) is 5.16. The fourth-order valence-corrected chi connectivity index (χ4v) is 3.17. The first-order valence-electron chi connectivity index (χ1n) is 7.66. The Balaban J connectivity index is 2.47. The molecule has 1 fully saturated rings. The number of carbonyl (C=O) groups is 1. The van der Waals surface area contributed by atoms with Gasteiger partial charge >= 0.3 is 0 Å². The number of amides is 1. The quantitative estimate of drug-likeness (QED) is 0.857. The molecule has 1 aromatic rings. The molecule has 1 amide bonds. The summed E-state index contributed by atoms with van der Waals surface area (Å²) in [6, 6.07) is 3.87. The van der Waals surface area contributed by atoms with Gasteiger partial charge in [0.15, 0.2) is 0 Å². The first kappa shape index (κ1) is 16.5. The van der Waals surface area contributed by atoms with Crippen LogP contribution in [0.25, 0.3) is 0 Å². The van der Waals surface area contributed by atoms with Gasteiger partial charge in [-0.1, -0.05) is 0 Å². The van der Waals surface area contributed by atoms with E-state index >= 15 is 0 Å². The van der Waals surface area contributed by atoms with Gasteiger partial charge in [-0.2, -0.15) is 0 Å². The molecule has 1 aromatic carbocycles. The minimum absolute atomic E-state index is 0.0453. The standard InChI is InChI=1S/C17H25NO4/c1-11-7-6-8-12(2)18(11)17(19)16-14(21-4)9-13(20-3)10-15(16)22-5/h9-12H,6-8H2,1-5H3. The Morgan fingerprint density at radius 1 is 1.00 bits per heavy atom. The van der Waals surface area contributed by atoms with Crippen LogP contribution in [0.15, 0.2) is 12.1 Å². The predicted octanol–water partition coefficient (Wildman–Crippen LogP) is 3.12. The Labute approximate surface area is 132 Å². The molecular formula is C17H25NO4. The molecule has 0 N–H and O–H groups in total. The van der Waals surface area contributed by atoms with E-state index < -0.39 is 0 Å². The molecule has 22 heavy (non-hydrogen) atoms. The summed E-state index contributed by atoms with van der Waals surface area (Å²) in [6.07, 6.45) is 3.21. The maximum absolute atomic E-state index is 13.1. The lowest BCUT2D eigenvalue weighted by molar-refractivity contribution is 0.0504. The predicted molar refractivity (Wildman–Crippen MR) is 85.0 cm³/mol. The summed E-state index contributed by atoms with van der Waals surface area (Å²) in [7, 11) is 4.67. The Hall–Kier alpha value is -1.91. The second-order valence-electron chi connectivity index (χ2n) is 5.75. The molecule has 0 spiro atoms.